The van der Waals surface area contributed by atoms with Gasteiger partial charge in [-0.2, -0.15) is 0 Å². The van der Waals surface area contributed by atoms with E-state index in [2.05, 4.69) is 10.6 Å². The molecule has 9 heteroatoms. The van der Waals surface area contributed by atoms with E-state index < -0.39 is 29.4 Å². The lowest BCUT2D eigenvalue weighted by atomic mass is 9.97. The summed E-state index contributed by atoms with van der Waals surface area (Å²) in [6.07, 6.45) is -1.05. The van der Waals surface area contributed by atoms with E-state index in [-0.39, 0.29) is 12.6 Å². The molecule has 2 heterocycles. The fourth-order valence-corrected chi connectivity index (χ4v) is 4.31. The summed E-state index contributed by atoms with van der Waals surface area (Å²) in [5.41, 5.74) is 2.60. The molecule has 0 fully saturated rings. The van der Waals surface area contributed by atoms with Crippen LogP contribution in [0.3, 0.4) is 0 Å². The molecule has 0 radical (unpaired) electrons. The number of alkyl carbamates (subject to hydrolysis) is 1. The molecule has 1 aromatic heterocycles. The average Bonchev–Trinajstić information content (AvgIpc) is 2.83. The van der Waals surface area contributed by atoms with Crippen LogP contribution < -0.4 is 10.6 Å². The quantitative estimate of drug-likeness (QED) is 0.473. The monoisotopic (exact) mass is 519 g/mol. The van der Waals surface area contributed by atoms with Crippen LogP contribution in [-0.2, 0) is 16.0 Å². The number of fused-ring (bicyclic) bond motifs is 2. The van der Waals surface area contributed by atoms with Crippen LogP contribution in [0, 0.1) is 0 Å². The van der Waals surface area contributed by atoms with Gasteiger partial charge in [-0.15, -0.1) is 0 Å². The number of carbonyl (C=O) groups is 2. The average molecular weight is 520 g/mol. The van der Waals surface area contributed by atoms with Crippen LogP contribution in [0.4, 0.5) is 9.59 Å². The molecule has 0 unspecified atom stereocenters. The van der Waals surface area contributed by atoms with E-state index in [9.17, 15) is 9.59 Å². The normalized spacial score (nSPS) is 17.6. The highest BCUT2D eigenvalue weighted by molar-refractivity contribution is 5.75. The number of nitrogens with zero attached hydrogens (tertiary/aromatic N) is 3. The molecule has 1 aliphatic rings. The smallest absolute Gasteiger partial charge is 0.410 e. The number of hydrogen-bond donors (Lipinski definition) is 2. The summed E-state index contributed by atoms with van der Waals surface area (Å²) in [5.74, 6) is 0. The SMILES string of the molecule is CC(C)(C)OC(=O)NC[C@@H]1c2nc3ccccc3nc2[C@H](NCc2ccccc2)CN1C(=O)OC(C)(C)C. The number of nitrogens with one attached hydrogen (secondary N) is 2. The van der Waals surface area contributed by atoms with E-state index in [1.807, 2.05) is 75.4 Å². The number of para-hydroxylation sites is 2. The van der Waals surface area contributed by atoms with Crippen molar-refractivity contribution in [3.05, 3.63) is 71.5 Å². The van der Waals surface area contributed by atoms with Crippen LogP contribution >= 0.6 is 0 Å². The summed E-state index contributed by atoms with van der Waals surface area (Å²) in [5, 5.41) is 6.38. The molecule has 4 rings (SSSR count). The lowest BCUT2D eigenvalue weighted by Crippen LogP contribution is -2.51. The molecule has 0 bridgehead atoms. The number of benzene rings is 2. The minimum Gasteiger partial charge on any atom is -0.444 e. The molecule has 0 saturated carbocycles. The molecule has 9 nitrogen and oxygen atoms in total. The van der Waals surface area contributed by atoms with Gasteiger partial charge < -0.3 is 20.1 Å². The van der Waals surface area contributed by atoms with Crippen molar-refractivity contribution in [1.82, 2.24) is 25.5 Å². The Morgan fingerprint density at radius 1 is 0.868 bits per heavy atom. The third kappa shape index (κ3) is 6.98. The molecule has 38 heavy (non-hydrogen) atoms. The molecule has 2 amide bonds. The molecule has 0 spiro atoms. The number of carbonyl (C=O) groups excluding carboxylic acids is 2. The number of ether oxygens (including phenoxy) is 2. The Balaban J connectivity index is 1.72. The Bertz CT molecular complexity index is 1280. The second kappa shape index (κ2) is 10.9. The fourth-order valence-electron chi connectivity index (χ4n) is 4.31. The van der Waals surface area contributed by atoms with Crippen molar-refractivity contribution in [3.63, 3.8) is 0 Å². The van der Waals surface area contributed by atoms with Crippen LogP contribution in [-0.4, -0.2) is 51.3 Å². The first-order chi connectivity index (χ1) is 17.9. The maximum absolute atomic E-state index is 13.5. The number of rotatable bonds is 5. The summed E-state index contributed by atoms with van der Waals surface area (Å²) in [4.78, 5) is 37.5. The van der Waals surface area contributed by atoms with Crippen molar-refractivity contribution in [2.75, 3.05) is 13.1 Å². The first-order valence-electron chi connectivity index (χ1n) is 12.9. The maximum atomic E-state index is 13.5. The van der Waals surface area contributed by atoms with E-state index >= 15 is 0 Å². The zero-order valence-electron chi connectivity index (χ0n) is 22.9. The van der Waals surface area contributed by atoms with Gasteiger partial charge in [0.05, 0.1) is 34.5 Å². The Kier molecular flexibility index (Phi) is 7.87. The van der Waals surface area contributed by atoms with E-state index in [4.69, 9.17) is 19.4 Å². The second-order valence-corrected chi connectivity index (χ2v) is 11.4. The third-order valence-corrected chi connectivity index (χ3v) is 5.89. The second-order valence-electron chi connectivity index (χ2n) is 11.4. The molecule has 0 aliphatic carbocycles. The number of amides is 2. The predicted molar refractivity (Wildman–Crippen MR) is 145 cm³/mol. The van der Waals surface area contributed by atoms with Gasteiger partial charge in [0.1, 0.15) is 11.2 Å². The Hall–Kier alpha value is -3.72. The van der Waals surface area contributed by atoms with E-state index in [0.717, 1.165) is 16.8 Å². The van der Waals surface area contributed by atoms with Gasteiger partial charge >= 0.3 is 12.2 Å². The highest BCUT2D eigenvalue weighted by Crippen LogP contribution is 2.35. The minimum atomic E-state index is -0.692. The summed E-state index contributed by atoms with van der Waals surface area (Å²) < 4.78 is 11.2. The highest BCUT2D eigenvalue weighted by Gasteiger charge is 2.40. The summed E-state index contributed by atoms with van der Waals surface area (Å²) in [6.45, 7) is 11.9. The molecule has 202 valence electrons. The fraction of sp³-hybridized carbons (Fsp3) is 0.448. The topological polar surface area (TPSA) is 106 Å². The zero-order chi connectivity index (χ0) is 27.5. The molecule has 2 atom stereocenters. The van der Waals surface area contributed by atoms with Gasteiger partial charge in [-0.25, -0.2) is 19.6 Å². The van der Waals surface area contributed by atoms with E-state index in [1.165, 1.54) is 0 Å². The van der Waals surface area contributed by atoms with Crippen molar-refractivity contribution < 1.29 is 19.1 Å². The van der Waals surface area contributed by atoms with Gasteiger partial charge in [0.15, 0.2) is 0 Å². The summed E-state index contributed by atoms with van der Waals surface area (Å²) in [7, 11) is 0. The maximum Gasteiger partial charge on any atom is 0.410 e. The summed E-state index contributed by atoms with van der Waals surface area (Å²) in [6, 6.07) is 16.8. The van der Waals surface area contributed by atoms with Crippen molar-refractivity contribution in [3.8, 4) is 0 Å². The summed E-state index contributed by atoms with van der Waals surface area (Å²) >= 11 is 0. The molecule has 3 aromatic rings. The number of hydrogen-bond acceptors (Lipinski definition) is 7. The lowest BCUT2D eigenvalue weighted by Gasteiger charge is -2.40. The highest BCUT2D eigenvalue weighted by atomic mass is 16.6. The van der Waals surface area contributed by atoms with Crippen molar-refractivity contribution >= 4 is 23.2 Å². The van der Waals surface area contributed by atoms with Gasteiger partial charge in [-0.3, -0.25) is 4.90 Å². The molecule has 1 aliphatic heterocycles. The van der Waals surface area contributed by atoms with Crippen molar-refractivity contribution in [1.29, 1.82) is 0 Å². The Morgan fingerprint density at radius 2 is 1.45 bits per heavy atom. The first-order valence-corrected chi connectivity index (χ1v) is 12.9. The van der Waals surface area contributed by atoms with Crippen LogP contribution in [0.1, 0.15) is 70.6 Å². The molecule has 2 aromatic carbocycles. The first kappa shape index (κ1) is 27.3. The van der Waals surface area contributed by atoms with Crippen LogP contribution in [0.2, 0.25) is 0 Å². The zero-order valence-corrected chi connectivity index (χ0v) is 22.9. The van der Waals surface area contributed by atoms with Crippen LogP contribution in [0.5, 0.6) is 0 Å². The van der Waals surface area contributed by atoms with Crippen molar-refractivity contribution in [2.45, 2.75) is 71.4 Å². The van der Waals surface area contributed by atoms with Crippen molar-refractivity contribution in [2.24, 2.45) is 0 Å². The molecular formula is C29H37N5O4. The lowest BCUT2D eigenvalue weighted by molar-refractivity contribution is 0.00844. The predicted octanol–water partition coefficient (Wildman–Crippen LogP) is 5.28. The standard InChI is InChI=1S/C29H37N5O4/c1-28(2,3)37-26(35)31-17-23-25-24(32-20-14-10-11-15-21(20)33-25)22(30-16-19-12-8-7-9-13-19)18-34(23)27(36)38-29(4,5)6/h7-15,22-23,30H,16-18H2,1-6H3,(H,31,35)/t22-,23-/m1/s1. The Morgan fingerprint density at radius 3 is 2.05 bits per heavy atom. The van der Waals surface area contributed by atoms with Crippen LogP contribution in [0.15, 0.2) is 54.6 Å². The molecule has 2 N–H and O–H groups in total. The van der Waals surface area contributed by atoms with Gasteiger partial charge in [0.2, 0.25) is 0 Å². The molecular weight excluding hydrogens is 482 g/mol. The molecule has 0 saturated heterocycles. The minimum absolute atomic E-state index is 0.0968. The number of aromatic nitrogens is 2. The van der Waals surface area contributed by atoms with Gasteiger partial charge in [-0.1, -0.05) is 42.5 Å². The largest absolute Gasteiger partial charge is 0.444 e. The Labute approximate surface area is 223 Å². The van der Waals surface area contributed by atoms with Gasteiger partial charge in [0.25, 0.3) is 0 Å². The third-order valence-electron chi connectivity index (χ3n) is 5.89. The van der Waals surface area contributed by atoms with Gasteiger partial charge in [-0.05, 0) is 59.2 Å². The van der Waals surface area contributed by atoms with Crippen LogP contribution in [0.25, 0.3) is 11.0 Å². The van der Waals surface area contributed by atoms with E-state index in [0.29, 0.717) is 24.3 Å². The van der Waals surface area contributed by atoms with E-state index in [1.54, 1.807) is 25.7 Å². The van der Waals surface area contributed by atoms with Gasteiger partial charge in [0, 0.05) is 19.6 Å².